The van der Waals surface area contributed by atoms with Crippen LogP contribution in [0, 0.1) is 27.9 Å². The van der Waals surface area contributed by atoms with Crippen LogP contribution in [0.2, 0.25) is 0 Å². The highest BCUT2D eigenvalue weighted by atomic mass is 32.1. The second-order valence-electron chi connectivity index (χ2n) is 6.37. The number of aromatic nitrogens is 2. The summed E-state index contributed by atoms with van der Waals surface area (Å²) < 4.78 is 3.03. The molecule has 2 unspecified atom stereocenters. The summed E-state index contributed by atoms with van der Waals surface area (Å²) in [6.45, 7) is 4.62. The molecule has 1 aromatic heterocycles. The zero-order valence-corrected chi connectivity index (χ0v) is 13.4. The van der Waals surface area contributed by atoms with Gasteiger partial charge in [-0.2, -0.15) is 5.26 Å². The first kappa shape index (κ1) is 14.3. The van der Waals surface area contributed by atoms with Crippen molar-refractivity contribution in [2.75, 3.05) is 0 Å². The van der Waals surface area contributed by atoms with Crippen molar-refractivity contribution in [1.82, 2.24) is 9.55 Å². The van der Waals surface area contributed by atoms with Crippen LogP contribution in [0.5, 0.6) is 0 Å². The van der Waals surface area contributed by atoms with E-state index in [1.54, 1.807) is 0 Å². The average molecular weight is 299 g/mol. The number of para-hydroxylation sites is 1. The molecule has 0 aliphatic heterocycles. The van der Waals surface area contributed by atoms with E-state index in [0.29, 0.717) is 23.4 Å². The number of nitrogens with one attached hydrogen (secondary N) is 1. The number of aromatic amines is 1. The highest BCUT2D eigenvalue weighted by Gasteiger charge is 2.30. The quantitative estimate of drug-likeness (QED) is 0.797. The number of rotatable bonds is 2. The molecule has 4 heteroatoms. The molecular formula is C17H21N3S. The summed E-state index contributed by atoms with van der Waals surface area (Å²) in [5, 5.41) is 9.27. The van der Waals surface area contributed by atoms with Crippen LogP contribution >= 0.6 is 12.2 Å². The molecule has 1 fully saturated rings. The van der Waals surface area contributed by atoms with Gasteiger partial charge in [0.1, 0.15) is 6.07 Å². The minimum absolute atomic E-state index is 0.453. The van der Waals surface area contributed by atoms with E-state index in [0.717, 1.165) is 15.8 Å². The van der Waals surface area contributed by atoms with Crippen LogP contribution in [0.3, 0.4) is 0 Å². The second kappa shape index (κ2) is 5.65. The number of H-pyrrole nitrogens is 1. The summed E-state index contributed by atoms with van der Waals surface area (Å²) in [7, 11) is 0. The fourth-order valence-electron chi connectivity index (χ4n) is 3.81. The van der Waals surface area contributed by atoms with Crippen LogP contribution in [-0.4, -0.2) is 9.55 Å². The smallest absolute Gasteiger partial charge is 0.178 e. The average Bonchev–Trinajstić information content (AvgIpc) is 2.82. The lowest BCUT2D eigenvalue weighted by molar-refractivity contribution is 0.186. The van der Waals surface area contributed by atoms with E-state index in [1.165, 1.54) is 25.7 Å². The molecule has 0 spiro atoms. The number of nitrogens with zero attached hydrogens (tertiary/aromatic N) is 2. The van der Waals surface area contributed by atoms with Gasteiger partial charge in [0.05, 0.1) is 16.6 Å². The Balaban J connectivity index is 2.18. The number of benzene rings is 1. The number of imidazole rings is 1. The first-order valence-corrected chi connectivity index (χ1v) is 8.17. The topological polar surface area (TPSA) is 44.5 Å². The molecule has 1 saturated carbocycles. The van der Waals surface area contributed by atoms with Crippen LogP contribution in [0.4, 0.5) is 0 Å². The Morgan fingerprint density at radius 3 is 2.81 bits per heavy atom. The molecule has 21 heavy (non-hydrogen) atoms. The first-order chi connectivity index (χ1) is 10.1. The molecule has 0 amide bonds. The van der Waals surface area contributed by atoms with E-state index < -0.39 is 0 Å². The minimum atomic E-state index is 0.453. The minimum Gasteiger partial charge on any atom is -0.329 e. The molecule has 0 saturated heterocycles. The maximum atomic E-state index is 9.27. The van der Waals surface area contributed by atoms with Gasteiger partial charge in [0.25, 0.3) is 0 Å². The van der Waals surface area contributed by atoms with Crippen LogP contribution in [0.15, 0.2) is 18.2 Å². The fraction of sp³-hybridized carbons (Fsp3) is 0.529. The van der Waals surface area contributed by atoms with Gasteiger partial charge in [0, 0.05) is 6.04 Å². The summed E-state index contributed by atoms with van der Waals surface area (Å²) in [4.78, 5) is 3.26. The summed E-state index contributed by atoms with van der Waals surface area (Å²) in [6.07, 6.45) is 5.04. The molecule has 1 aliphatic rings. The molecular weight excluding hydrogens is 278 g/mol. The lowest BCUT2D eigenvalue weighted by Gasteiger charge is -2.35. The van der Waals surface area contributed by atoms with Gasteiger partial charge >= 0.3 is 0 Å². The van der Waals surface area contributed by atoms with Crippen molar-refractivity contribution < 1.29 is 0 Å². The van der Waals surface area contributed by atoms with Gasteiger partial charge in [0.15, 0.2) is 4.77 Å². The Kier molecular flexibility index (Phi) is 3.86. The van der Waals surface area contributed by atoms with Crippen LogP contribution in [0.1, 0.15) is 51.1 Å². The number of nitriles is 1. The van der Waals surface area contributed by atoms with Crippen molar-refractivity contribution >= 4 is 23.3 Å². The van der Waals surface area contributed by atoms with E-state index in [4.69, 9.17) is 12.2 Å². The zero-order valence-electron chi connectivity index (χ0n) is 12.6. The van der Waals surface area contributed by atoms with E-state index in [-0.39, 0.29) is 0 Å². The van der Waals surface area contributed by atoms with Crippen molar-refractivity contribution in [2.24, 2.45) is 11.8 Å². The normalized spacial score (nSPS) is 22.6. The second-order valence-corrected chi connectivity index (χ2v) is 6.76. The van der Waals surface area contributed by atoms with E-state index >= 15 is 0 Å². The summed E-state index contributed by atoms with van der Waals surface area (Å²) in [6, 6.07) is 8.58. The lowest BCUT2D eigenvalue weighted by Crippen LogP contribution is -2.27. The van der Waals surface area contributed by atoms with Crippen molar-refractivity contribution in [3.63, 3.8) is 0 Å². The molecule has 1 heterocycles. The maximum absolute atomic E-state index is 9.27. The molecule has 1 aliphatic carbocycles. The first-order valence-electron chi connectivity index (χ1n) is 7.77. The van der Waals surface area contributed by atoms with Crippen molar-refractivity contribution in [3.05, 3.63) is 28.5 Å². The van der Waals surface area contributed by atoms with E-state index in [1.807, 2.05) is 12.1 Å². The molecule has 1 aromatic carbocycles. The molecule has 2 aromatic rings. The Labute approximate surface area is 130 Å². The van der Waals surface area contributed by atoms with Gasteiger partial charge in [-0.25, -0.2) is 0 Å². The number of hydrogen-bond acceptors (Lipinski definition) is 2. The summed E-state index contributed by atoms with van der Waals surface area (Å²) in [5.74, 6) is 1.32. The number of fused-ring (bicyclic) bond motifs is 1. The Hall–Kier alpha value is -1.60. The predicted molar refractivity (Wildman–Crippen MR) is 87.7 cm³/mol. The monoisotopic (exact) mass is 299 g/mol. The third kappa shape index (κ3) is 2.40. The molecule has 3 nitrogen and oxygen atoms in total. The number of hydrogen-bond donors (Lipinski definition) is 1. The van der Waals surface area contributed by atoms with Gasteiger partial charge in [-0.3, -0.25) is 0 Å². The van der Waals surface area contributed by atoms with Crippen molar-refractivity contribution in [1.29, 1.82) is 5.26 Å². The molecule has 0 bridgehead atoms. The fourth-order valence-corrected chi connectivity index (χ4v) is 4.15. The molecule has 0 radical (unpaired) electrons. The van der Waals surface area contributed by atoms with Crippen LogP contribution in [0.25, 0.3) is 11.0 Å². The Bertz CT molecular complexity index is 747. The van der Waals surface area contributed by atoms with Crippen molar-refractivity contribution in [3.8, 4) is 6.07 Å². The van der Waals surface area contributed by atoms with Crippen molar-refractivity contribution in [2.45, 2.75) is 45.6 Å². The van der Waals surface area contributed by atoms with Gasteiger partial charge in [-0.05, 0) is 49.0 Å². The predicted octanol–water partition coefficient (Wildman–Crippen LogP) is 4.96. The van der Waals surface area contributed by atoms with Crippen LogP contribution in [-0.2, 0) is 0 Å². The zero-order chi connectivity index (χ0) is 15.0. The standard InChI is InChI=1S/C17H21N3S/c1-11(2)13-7-3-4-8-14(13)20-15-9-5-6-12(10-18)16(15)19-17(20)21/h5-6,9,11,13-14H,3-4,7-8H2,1-2H3,(H,19,21). The highest BCUT2D eigenvalue weighted by Crippen LogP contribution is 2.40. The molecule has 1 N–H and O–H groups in total. The molecule has 2 atom stereocenters. The largest absolute Gasteiger partial charge is 0.329 e. The van der Waals surface area contributed by atoms with Crippen LogP contribution < -0.4 is 0 Å². The summed E-state index contributed by atoms with van der Waals surface area (Å²) in [5.41, 5.74) is 2.64. The third-order valence-electron chi connectivity index (χ3n) is 4.84. The van der Waals surface area contributed by atoms with E-state index in [2.05, 4.69) is 35.5 Å². The maximum Gasteiger partial charge on any atom is 0.178 e. The Morgan fingerprint density at radius 2 is 2.10 bits per heavy atom. The third-order valence-corrected chi connectivity index (χ3v) is 5.14. The van der Waals surface area contributed by atoms with Gasteiger partial charge in [0.2, 0.25) is 0 Å². The highest BCUT2D eigenvalue weighted by molar-refractivity contribution is 7.71. The molecule has 3 rings (SSSR count). The van der Waals surface area contributed by atoms with Gasteiger partial charge < -0.3 is 9.55 Å². The van der Waals surface area contributed by atoms with Gasteiger partial charge in [-0.15, -0.1) is 0 Å². The van der Waals surface area contributed by atoms with Gasteiger partial charge in [-0.1, -0.05) is 32.8 Å². The molecule has 110 valence electrons. The SMILES string of the molecule is CC(C)C1CCCCC1n1c(=S)[nH]c2c(C#N)cccc21. The summed E-state index contributed by atoms with van der Waals surface area (Å²) >= 11 is 5.58. The lowest BCUT2D eigenvalue weighted by atomic mass is 9.77. The van der Waals surface area contributed by atoms with E-state index in [9.17, 15) is 5.26 Å². The Morgan fingerprint density at radius 1 is 1.33 bits per heavy atom.